The van der Waals surface area contributed by atoms with E-state index in [1.54, 1.807) is 16.4 Å². The van der Waals surface area contributed by atoms with E-state index in [9.17, 15) is 8.42 Å². The quantitative estimate of drug-likeness (QED) is 0.908. The van der Waals surface area contributed by atoms with Crippen molar-refractivity contribution in [3.05, 3.63) is 24.0 Å². The third-order valence-electron chi connectivity index (χ3n) is 3.67. The van der Waals surface area contributed by atoms with Gasteiger partial charge in [0, 0.05) is 25.3 Å². The van der Waals surface area contributed by atoms with Crippen LogP contribution in [0.15, 0.2) is 23.2 Å². The molecule has 0 radical (unpaired) electrons. The zero-order valence-electron chi connectivity index (χ0n) is 11.4. The van der Waals surface area contributed by atoms with E-state index in [0.717, 1.165) is 12.8 Å². The zero-order chi connectivity index (χ0) is 14.0. The van der Waals surface area contributed by atoms with Gasteiger partial charge >= 0.3 is 0 Å². The third kappa shape index (κ3) is 2.96. The second-order valence-electron chi connectivity index (χ2n) is 5.30. The number of hydrogen-bond acceptors (Lipinski definition) is 4. The summed E-state index contributed by atoms with van der Waals surface area (Å²) in [6, 6.07) is 3.32. The molecular weight excluding hydrogens is 262 g/mol. The summed E-state index contributed by atoms with van der Waals surface area (Å²) in [7, 11) is -3.44. The van der Waals surface area contributed by atoms with Gasteiger partial charge in [-0.25, -0.2) is 8.42 Å². The van der Waals surface area contributed by atoms with Gasteiger partial charge in [0.1, 0.15) is 4.90 Å². The predicted molar refractivity (Wildman–Crippen MR) is 73.9 cm³/mol. The minimum absolute atomic E-state index is 0.0513. The molecule has 2 heterocycles. The van der Waals surface area contributed by atoms with E-state index in [4.69, 9.17) is 5.73 Å². The van der Waals surface area contributed by atoms with Crippen molar-refractivity contribution in [1.82, 2.24) is 9.29 Å². The van der Waals surface area contributed by atoms with E-state index < -0.39 is 10.0 Å². The molecule has 0 amide bonds. The molecule has 0 spiro atoms. The van der Waals surface area contributed by atoms with Gasteiger partial charge in [0.05, 0.1) is 5.69 Å². The molecule has 19 heavy (non-hydrogen) atoms. The topological polar surface area (TPSA) is 76.3 Å². The fourth-order valence-electron chi connectivity index (χ4n) is 2.40. The fraction of sp³-hybridized carbons (Fsp3) is 0.615. The maximum absolute atomic E-state index is 12.6. The first-order chi connectivity index (χ1) is 8.95. The summed E-state index contributed by atoms with van der Waals surface area (Å²) < 4.78 is 26.8. The highest BCUT2D eigenvalue weighted by molar-refractivity contribution is 7.89. The van der Waals surface area contributed by atoms with Crippen LogP contribution in [0.4, 0.5) is 0 Å². The fourth-order valence-corrected chi connectivity index (χ4v) is 4.13. The highest BCUT2D eigenvalue weighted by atomic mass is 32.2. The average molecular weight is 283 g/mol. The lowest BCUT2D eigenvalue weighted by Gasteiger charge is -2.35. The monoisotopic (exact) mass is 283 g/mol. The molecule has 2 unspecified atom stereocenters. The molecule has 2 N–H and O–H groups in total. The van der Waals surface area contributed by atoms with Gasteiger partial charge in [0.25, 0.3) is 0 Å². The Labute approximate surface area is 114 Å². The lowest BCUT2D eigenvalue weighted by atomic mass is 9.97. The second-order valence-corrected chi connectivity index (χ2v) is 7.19. The molecule has 0 saturated carbocycles. The normalized spacial score (nSPS) is 25.4. The minimum atomic E-state index is -3.44. The van der Waals surface area contributed by atoms with E-state index in [1.165, 1.54) is 6.20 Å². The summed E-state index contributed by atoms with van der Waals surface area (Å²) >= 11 is 0. The van der Waals surface area contributed by atoms with Crippen LogP contribution in [0.3, 0.4) is 0 Å². The van der Waals surface area contributed by atoms with Crippen LogP contribution >= 0.6 is 0 Å². The van der Waals surface area contributed by atoms with Crippen LogP contribution in [0, 0.1) is 5.92 Å². The van der Waals surface area contributed by atoms with Crippen LogP contribution < -0.4 is 5.73 Å². The maximum atomic E-state index is 12.6. The minimum Gasteiger partial charge on any atom is -0.325 e. The number of sulfonamides is 1. The van der Waals surface area contributed by atoms with Crippen LogP contribution in [-0.4, -0.2) is 30.3 Å². The largest absolute Gasteiger partial charge is 0.325 e. The van der Waals surface area contributed by atoms with Gasteiger partial charge in [0.15, 0.2) is 0 Å². The Morgan fingerprint density at radius 3 is 2.68 bits per heavy atom. The van der Waals surface area contributed by atoms with Crippen molar-refractivity contribution in [2.75, 3.05) is 6.54 Å². The molecule has 1 saturated heterocycles. The number of rotatable bonds is 3. The molecular formula is C13H21N3O2S. The number of nitrogens with two attached hydrogens (primary N) is 1. The Hall–Kier alpha value is -0.980. The summed E-state index contributed by atoms with van der Waals surface area (Å²) in [6.45, 7) is 4.95. The molecule has 6 heteroatoms. The van der Waals surface area contributed by atoms with Crippen LogP contribution in [0.2, 0.25) is 0 Å². The number of piperidine rings is 1. The summed E-state index contributed by atoms with van der Waals surface area (Å²) in [5.74, 6) is 0.405. The van der Waals surface area contributed by atoms with Gasteiger partial charge in [0.2, 0.25) is 10.0 Å². The van der Waals surface area contributed by atoms with Gasteiger partial charge in [-0.15, -0.1) is 0 Å². The molecule has 0 aromatic carbocycles. The molecule has 1 aromatic rings. The van der Waals surface area contributed by atoms with Crippen molar-refractivity contribution in [2.45, 2.75) is 44.2 Å². The SMILES string of the molecule is CC1CCC(C)N(S(=O)(=O)c2ccc(CN)nc2)C1. The number of nitrogens with zero attached hydrogens (tertiary/aromatic N) is 2. The Kier molecular flexibility index (Phi) is 4.23. The van der Waals surface area contributed by atoms with Crippen molar-refractivity contribution in [2.24, 2.45) is 11.7 Å². The Balaban J connectivity index is 2.29. The zero-order valence-corrected chi connectivity index (χ0v) is 12.2. The standard InChI is InChI=1S/C13H21N3O2S/c1-10-3-4-11(2)16(9-10)19(17,18)13-6-5-12(7-14)15-8-13/h5-6,8,10-11H,3-4,7,9,14H2,1-2H3. The first-order valence-electron chi connectivity index (χ1n) is 6.62. The van der Waals surface area contributed by atoms with E-state index in [-0.39, 0.29) is 10.9 Å². The van der Waals surface area contributed by atoms with Crippen LogP contribution in [0.5, 0.6) is 0 Å². The van der Waals surface area contributed by atoms with Gasteiger partial charge in [-0.1, -0.05) is 6.92 Å². The average Bonchev–Trinajstić information content (AvgIpc) is 2.41. The Morgan fingerprint density at radius 1 is 1.37 bits per heavy atom. The Bertz CT molecular complexity index is 527. The van der Waals surface area contributed by atoms with E-state index in [1.807, 2.05) is 6.92 Å². The van der Waals surface area contributed by atoms with Gasteiger partial charge < -0.3 is 5.73 Å². The molecule has 1 fully saturated rings. The highest BCUT2D eigenvalue weighted by Gasteiger charge is 2.33. The molecule has 1 aliphatic rings. The second kappa shape index (κ2) is 5.56. The number of pyridine rings is 1. The molecule has 1 aromatic heterocycles. The van der Waals surface area contributed by atoms with E-state index in [2.05, 4.69) is 11.9 Å². The summed E-state index contributed by atoms with van der Waals surface area (Å²) in [4.78, 5) is 4.33. The lowest BCUT2D eigenvalue weighted by molar-refractivity contribution is 0.218. The van der Waals surface area contributed by atoms with Gasteiger partial charge in [-0.05, 0) is 37.8 Å². The number of hydrogen-bond donors (Lipinski definition) is 1. The molecule has 2 rings (SSSR count). The summed E-state index contributed by atoms with van der Waals surface area (Å²) in [5, 5.41) is 0. The molecule has 0 aliphatic carbocycles. The van der Waals surface area contributed by atoms with Crippen LogP contribution in [-0.2, 0) is 16.6 Å². The Morgan fingerprint density at radius 2 is 2.11 bits per heavy atom. The number of aromatic nitrogens is 1. The van der Waals surface area contributed by atoms with E-state index >= 15 is 0 Å². The van der Waals surface area contributed by atoms with Crippen molar-refractivity contribution >= 4 is 10.0 Å². The summed E-state index contributed by atoms with van der Waals surface area (Å²) in [6.07, 6.45) is 3.40. The van der Waals surface area contributed by atoms with E-state index in [0.29, 0.717) is 24.7 Å². The molecule has 2 atom stereocenters. The predicted octanol–water partition coefficient (Wildman–Crippen LogP) is 1.35. The van der Waals surface area contributed by atoms with Crippen molar-refractivity contribution in [3.63, 3.8) is 0 Å². The van der Waals surface area contributed by atoms with Crippen LogP contribution in [0.25, 0.3) is 0 Å². The van der Waals surface area contributed by atoms with Gasteiger partial charge in [-0.2, -0.15) is 4.31 Å². The highest BCUT2D eigenvalue weighted by Crippen LogP contribution is 2.27. The third-order valence-corrected chi connectivity index (χ3v) is 5.64. The van der Waals surface area contributed by atoms with Crippen molar-refractivity contribution < 1.29 is 8.42 Å². The van der Waals surface area contributed by atoms with Gasteiger partial charge in [-0.3, -0.25) is 4.98 Å². The van der Waals surface area contributed by atoms with Crippen molar-refractivity contribution in [1.29, 1.82) is 0 Å². The summed E-state index contributed by atoms with van der Waals surface area (Å²) in [5.41, 5.74) is 6.16. The van der Waals surface area contributed by atoms with Crippen LogP contribution in [0.1, 0.15) is 32.4 Å². The lowest BCUT2D eigenvalue weighted by Crippen LogP contribution is -2.44. The molecule has 5 nitrogen and oxygen atoms in total. The maximum Gasteiger partial charge on any atom is 0.244 e. The molecule has 0 bridgehead atoms. The first-order valence-corrected chi connectivity index (χ1v) is 8.06. The smallest absolute Gasteiger partial charge is 0.244 e. The molecule has 106 valence electrons. The molecule has 1 aliphatic heterocycles. The van der Waals surface area contributed by atoms with Crippen molar-refractivity contribution in [3.8, 4) is 0 Å². The first kappa shape index (κ1) is 14.4.